The van der Waals surface area contributed by atoms with Gasteiger partial charge in [-0.2, -0.15) is 0 Å². The molecule has 2 fully saturated rings. The molecule has 0 spiro atoms. The molecule has 1 aromatic rings. The highest BCUT2D eigenvalue weighted by molar-refractivity contribution is 5.78. The van der Waals surface area contributed by atoms with Crippen LogP contribution in [0, 0.1) is 11.8 Å². The molecule has 2 saturated heterocycles. The third kappa shape index (κ3) is 4.60. The van der Waals surface area contributed by atoms with E-state index in [0.29, 0.717) is 24.2 Å². The molecule has 0 aliphatic carbocycles. The molecule has 2 aliphatic heterocycles. The van der Waals surface area contributed by atoms with E-state index in [2.05, 4.69) is 38.9 Å². The molecule has 3 heterocycles. The first kappa shape index (κ1) is 17.9. The van der Waals surface area contributed by atoms with Crippen molar-refractivity contribution < 1.29 is 4.79 Å². The predicted octanol–water partition coefficient (Wildman–Crippen LogP) is 1.12. The second-order valence-corrected chi connectivity index (χ2v) is 7.62. The molecular weight excluding hydrogens is 316 g/mol. The second kappa shape index (κ2) is 7.99. The van der Waals surface area contributed by atoms with E-state index in [1.165, 1.54) is 25.6 Å². The largest absolute Gasteiger partial charge is 0.384 e. The van der Waals surface area contributed by atoms with E-state index < -0.39 is 0 Å². The lowest BCUT2D eigenvalue weighted by molar-refractivity contribution is -0.123. The second-order valence-electron chi connectivity index (χ2n) is 7.62. The fraction of sp³-hybridized carbons (Fsp3) is 0.722. The Hall–Kier alpha value is -1.89. The molecule has 0 radical (unpaired) electrons. The van der Waals surface area contributed by atoms with Gasteiger partial charge in [0.2, 0.25) is 5.91 Å². The van der Waals surface area contributed by atoms with Gasteiger partial charge in [0, 0.05) is 25.1 Å². The molecule has 2 atom stereocenters. The van der Waals surface area contributed by atoms with Crippen molar-refractivity contribution >= 4 is 17.5 Å². The van der Waals surface area contributed by atoms with Crippen molar-refractivity contribution in [2.24, 2.45) is 11.8 Å². The zero-order chi connectivity index (χ0) is 17.8. The van der Waals surface area contributed by atoms with Crippen molar-refractivity contribution in [3.8, 4) is 0 Å². The number of likely N-dealkylation sites (tertiary alicyclic amines) is 1. The smallest absolute Gasteiger partial charge is 0.234 e. The minimum atomic E-state index is 0.140. The third-order valence-electron chi connectivity index (χ3n) is 5.38. The number of hydrogen-bond donors (Lipinski definition) is 2. The number of anilines is 2. The zero-order valence-corrected chi connectivity index (χ0v) is 15.3. The van der Waals surface area contributed by atoms with Crippen LogP contribution >= 0.6 is 0 Å². The number of hydrogen-bond acceptors (Lipinski definition) is 6. The SMILES string of the molecule is CC(C)[C@H]1CN(c2cc(N)ncn2)C[C@@H]1NC(=O)CN1CCCCC1. The number of nitrogen functional groups attached to an aromatic ring is 1. The lowest BCUT2D eigenvalue weighted by Crippen LogP contribution is -2.47. The van der Waals surface area contributed by atoms with Gasteiger partial charge >= 0.3 is 0 Å². The van der Waals surface area contributed by atoms with Crippen molar-refractivity contribution in [3.63, 3.8) is 0 Å². The highest BCUT2D eigenvalue weighted by Crippen LogP contribution is 2.28. The summed E-state index contributed by atoms with van der Waals surface area (Å²) in [6.07, 6.45) is 5.19. The summed E-state index contributed by atoms with van der Waals surface area (Å²) in [4.78, 5) is 25.3. The maximum Gasteiger partial charge on any atom is 0.234 e. The molecular formula is C18H30N6O. The summed E-state index contributed by atoms with van der Waals surface area (Å²) in [6.45, 7) is 8.67. The Kier molecular flexibility index (Phi) is 5.73. The highest BCUT2D eigenvalue weighted by atomic mass is 16.2. The van der Waals surface area contributed by atoms with Gasteiger partial charge in [0.25, 0.3) is 0 Å². The summed E-state index contributed by atoms with van der Waals surface area (Å²) in [5.74, 6) is 2.35. The molecule has 138 valence electrons. The van der Waals surface area contributed by atoms with Gasteiger partial charge < -0.3 is 16.0 Å². The number of amides is 1. The number of nitrogens with two attached hydrogens (primary N) is 1. The first-order valence-corrected chi connectivity index (χ1v) is 9.37. The molecule has 0 aromatic carbocycles. The van der Waals surface area contributed by atoms with Gasteiger partial charge in [-0.25, -0.2) is 9.97 Å². The monoisotopic (exact) mass is 346 g/mol. The Morgan fingerprint density at radius 3 is 2.72 bits per heavy atom. The van der Waals surface area contributed by atoms with Crippen LogP contribution in [0.1, 0.15) is 33.1 Å². The van der Waals surface area contributed by atoms with E-state index in [1.807, 2.05) is 0 Å². The number of nitrogens with one attached hydrogen (secondary N) is 1. The van der Waals surface area contributed by atoms with Crippen LogP contribution in [0.4, 0.5) is 11.6 Å². The van der Waals surface area contributed by atoms with Crippen molar-refractivity contribution in [3.05, 3.63) is 12.4 Å². The number of rotatable bonds is 5. The summed E-state index contributed by atoms with van der Waals surface area (Å²) in [7, 11) is 0. The number of aromatic nitrogens is 2. The first-order chi connectivity index (χ1) is 12.0. The van der Waals surface area contributed by atoms with Gasteiger partial charge in [0.1, 0.15) is 18.0 Å². The van der Waals surface area contributed by atoms with Crippen LogP contribution < -0.4 is 16.0 Å². The van der Waals surface area contributed by atoms with Gasteiger partial charge in [-0.3, -0.25) is 9.69 Å². The Bertz CT molecular complexity index is 587. The first-order valence-electron chi connectivity index (χ1n) is 9.37. The van der Waals surface area contributed by atoms with Gasteiger partial charge in [0.05, 0.1) is 12.6 Å². The maximum absolute atomic E-state index is 12.5. The maximum atomic E-state index is 12.5. The summed E-state index contributed by atoms with van der Waals surface area (Å²) in [6, 6.07) is 1.95. The number of nitrogens with zero attached hydrogens (tertiary/aromatic N) is 4. The van der Waals surface area contributed by atoms with Gasteiger partial charge in [-0.1, -0.05) is 20.3 Å². The van der Waals surface area contributed by atoms with E-state index >= 15 is 0 Å². The molecule has 7 nitrogen and oxygen atoms in total. The molecule has 1 amide bonds. The molecule has 2 aliphatic rings. The molecule has 0 unspecified atom stereocenters. The van der Waals surface area contributed by atoms with Crippen molar-refractivity contribution in [1.82, 2.24) is 20.2 Å². The Balaban J connectivity index is 1.61. The summed E-state index contributed by atoms with van der Waals surface area (Å²) < 4.78 is 0. The third-order valence-corrected chi connectivity index (χ3v) is 5.38. The molecule has 0 saturated carbocycles. The number of carbonyl (C=O) groups is 1. The van der Waals surface area contributed by atoms with E-state index in [-0.39, 0.29) is 11.9 Å². The Morgan fingerprint density at radius 2 is 2.04 bits per heavy atom. The molecule has 1 aromatic heterocycles. The van der Waals surface area contributed by atoms with E-state index in [1.54, 1.807) is 6.07 Å². The predicted molar refractivity (Wildman–Crippen MR) is 99.2 cm³/mol. The summed E-state index contributed by atoms with van der Waals surface area (Å²) in [5.41, 5.74) is 5.79. The van der Waals surface area contributed by atoms with Crippen LogP contribution in [0.3, 0.4) is 0 Å². The van der Waals surface area contributed by atoms with Crippen LogP contribution in [-0.2, 0) is 4.79 Å². The standard InChI is InChI=1S/C18H30N6O/c1-13(2)14-9-24(17-8-16(19)20-12-21-17)10-15(14)22-18(25)11-23-6-4-3-5-7-23/h8,12-15H,3-7,9-11H2,1-2H3,(H,22,25)(H2,19,20,21)/t14-,15+/m1/s1. The average Bonchev–Trinajstić information content (AvgIpc) is 2.99. The topological polar surface area (TPSA) is 87.4 Å². The fourth-order valence-electron chi connectivity index (χ4n) is 3.95. The highest BCUT2D eigenvalue weighted by Gasteiger charge is 2.36. The van der Waals surface area contributed by atoms with Crippen LogP contribution in [0.25, 0.3) is 0 Å². The van der Waals surface area contributed by atoms with Crippen LogP contribution in [0.5, 0.6) is 0 Å². The van der Waals surface area contributed by atoms with E-state index in [4.69, 9.17) is 5.73 Å². The van der Waals surface area contributed by atoms with Crippen molar-refractivity contribution in [2.75, 3.05) is 43.4 Å². The summed E-state index contributed by atoms with van der Waals surface area (Å²) in [5, 5.41) is 3.28. The normalized spacial score (nSPS) is 24.7. The quantitative estimate of drug-likeness (QED) is 0.831. The minimum absolute atomic E-state index is 0.140. The van der Waals surface area contributed by atoms with Gasteiger partial charge in [0.15, 0.2) is 0 Å². The zero-order valence-electron chi connectivity index (χ0n) is 15.3. The minimum Gasteiger partial charge on any atom is -0.384 e. The molecule has 7 heteroatoms. The fourth-order valence-corrected chi connectivity index (χ4v) is 3.95. The molecule has 25 heavy (non-hydrogen) atoms. The summed E-state index contributed by atoms with van der Waals surface area (Å²) >= 11 is 0. The van der Waals surface area contributed by atoms with Crippen LogP contribution in [-0.4, -0.2) is 59.5 Å². The van der Waals surface area contributed by atoms with Crippen LogP contribution in [0.15, 0.2) is 12.4 Å². The molecule has 0 bridgehead atoms. The van der Waals surface area contributed by atoms with Gasteiger partial charge in [-0.15, -0.1) is 0 Å². The molecule has 3 rings (SSSR count). The lowest BCUT2D eigenvalue weighted by atomic mass is 9.91. The van der Waals surface area contributed by atoms with E-state index in [0.717, 1.165) is 32.0 Å². The van der Waals surface area contributed by atoms with Gasteiger partial charge in [-0.05, 0) is 31.8 Å². The Morgan fingerprint density at radius 1 is 1.28 bits per heavy atom. The van der Waals surface area contributed by atoms with E-state index in [9.17, 15) is 4.79 Å². The molecule has 3 N–H and O–H groups in total. The van der Waals surface area contributed by atoms with Crippen LogP contribution in [0.2, 0.25) is 0 Å². The number of piperidine rings is 1. The number of carbonyl (C=O) groups excluding carboxylic acids is 1. The van der Waals surface area contributed by atoms with Crippen molar-refractivity contribution in [2.45, 2.75) is 39.2 Å². The Labute approximate surface area is 150 Å². The van der Waals surface area contributed by atoms with Crippen molar-refractivity contribution in [1.29, 1.82) is 0 Å². The average molecular weight is 346 g/mol. The lowest BCUT2D eigenvalue weighted by Gasteiger charge is -2.28.